The Hall–Kier alpha value is -1.35. The SMILES string of the molecule is CCOc1cc(C=NNc2nc(C)cs2)cc(I)c1OC(C)C. The van der Waals surface area contributed by atoms with Gasteiger partial charge in [0.05, 0.1) is 28.2 Å². The Balaban J connectivity index is 2.18. The average molecular weight is 445 g/mol. The molecule has 2 rings (SSSR count). The molecule has 23 heavy (non-hydrogen) atoms. The molecule has 0 atom stereocenters. The smallest absolute Gasteiger partial charge is 0.203 e. The second-order valence-corrected chi connectivity index (χ2v) is 7.11. The van der Waals surface area contributed by atoms with Crippen molar-refractivity contribution >= 4 is 45.3 Å². The normalized spacial score (nSPS) is 11.2. The van der Waals surface area contributed by atoms with Crippen LogP contribution >= 0.6 is 33.9 Å². The summed E-state index contributed by atoms with van der Waals surface area (Å²) in [5.41, 5.74) is 4.86. The average Bonchev–Trinajstić information content (AvgIpc) is 2.88. The van der Waals surface area contributed by atoms with Crippen molar-refractivity contribution in [2.75, 3.05) is 12.0 Å². The number of aromatic nitrogens is 1. The molecule has 7 heteroatoms. The number of anilines is 1. The summed E-state index contributed by atoms with van der Waals surface area (Å²) in [5, 5.41) is 6.99. The molecule has 124 valence electrons. The largest absolute Gasteiger partial charge is 0.490 e. The summed E-state index contributed by atoms with van der Waals surface area (Å²) in [6.45, 7) is 8.50. The zero-order valence-electron chi connectivity index (χ0n) is 13.6. The van der Waals surface area contributed by atoms with E-state index >= 15 is 0 Å². The zero-order chi connectivity index (χ0) is 16.8. The molecule has 1 aromatic carbocycles. The number of hydrogen-bond donors (Lipinski definition) is 1. The molecule has 1 N–H and O–H groups in total. The minimum absolute atomic E-state index is 0.0945. The van der Waals surface area contributed by atoms with E-state index in [9.17, 15) is 0 Å². The van der Waals surface area contributed by atoms with Gasteiger partial charge in [-0.15, -0.1) is 11.3 Å². The van der Waals surface area contributed by atoms with Crippen molar-refractivity contribution < 1.29 is 9.47 Å². The van der Waals surface area contributed by atoms with Gasteiger partial charge < -0.3 is 9.47 Å². The molecule has 1 heterocycles. The standard InChI is InChI=1S/C16H20IN3O2S/c1-5-21-14-7-12(6-13(17)15(14)22-10(2)3)8-18-20-16-19-11(4)9-23-16/h6-10H,5H2,1-4H3,(H,19,20). The van der Waals surface area contributed by atoms with E-state index in [0.29, 0.717) is 6.61 Å². The van der Waals surface area contributed by atoms with Crippen LogP contribution in [0.4, 0.5) is 5.13 Å². The molecule has 0 saturated heterocycles. The number of halogens is 1. The fourth-order valence-corrected chi connectivity index (χ4v) is 3.23. The number of ether oxygens (including phenoxy) is 2. The van der Waals surface area contributed by atoms with Crippen LogP contribution in [0.2, 0.25) is 0 Å². The van der Waals surface area contributed by atoms with Gasteiger partial charge in [-0.3, -0.25) is 5.43 Å². The number of aryl methyl sites for hydroxylation is 1. The molecule has 0 unspecified atom stereocenters. The first-order valence-corrected chi connectivity index (χ1v) is 9.29. The molecule has 0 aliphatic heterocycles. The van der Waals surface area contributed by atoms with Gasteiger partial charge in [-0.25, -0.2) is 4.98 Å². The first kappa shape index (κ1) is 18.0. The lowest BCUT2D eigenvalue weighted by Gasteiger charge is -2.16. The van der Waals surface area contributed by atoms with Gasteiger partial charge in [0.1, 0.15) is 0 Å². The number of nitrogens with zero attached hydrogens (tertiary/aromatic N) is 2. The van der Waals surface area contributed by atoms with Crippen LogP contribution in [0.1, 0.15) is 32.0 Å². The third kappa shape index (κ3) is 5.35. The number of nitrogens with one attached hydrogen (secondary N) is 1. The summed E-state index contributed by atoms with van der Waals surface area (Å²) in [4.78, 5) is 4.30. The van der Waals surface area contributed by atoms with Gasteiger partial charge in [-0.2, -0.15) is 5.10 Å². The van der Waals surface area contributed by atoms with Crippen LogP contribution in [0, 0.1) is 10.5 Å². The summed E-state index contributed by atoms with van der Waals surface area (Å²) in [6, 6.07) is 3.95. The maximum absolute atomic E-state index is 5.86. The molecule has 2 aromatic rings. The Morgan fingerprint density at radius 2 is 2.22 bits per heavy atom. The van der Waals surface area contributed by atoms with Gasteiger partial charge in [0.15, 0.2) is 11.5 Å². The van der Waals surface area contributed by atoms with Crippen LogP contribution in [0.5, 0.6) is 11.5 Å². The van der Waals surface area contributed by atoms with Crippen molar-refractivity contribution in [1.82, 2.24) is 4.98 Å². The van der Waals surface area contributed by atoms with Gasteiger partial charge in [0.25, 0.3) is 0 Å². The Morgan fingerprint density at radius 3 is 2.83 bits per heavy atom. The Bertz CT molecular complexity index is 686. The highest BCUT2D eigenvalue weighted by Crippen LogP contribution is 2.34. The van der Waals surface area contributed by atoms with E-state index < -0.39 is 0 Å². The van der Waals surface area contributed by atoms with E-state index in [1.165, 1.54) is 11.3 Å². The second-order valence-electron chi connectivity index (χ2n) is 5.09. The van der Waals surface area contributed by atoms with Crippen molar-refractivity contribution in [2.45, 2.75) is 33.8 Å². The highest BCUT2D eigenvalue weighted by atomic mass is 127. The molecule has 0 saturated carbocycles. The molecule has 5 nitrogen and oxygen atoms in total. The van der Waals surface area contributed by atoms with E-state index in [0.717, 1.165) is 31.5 Å². The quantitative estimate of drug-likeness (QED) is 0.382. The summed E-state index contributed by atoms with van der Waals surface area (Å²) >= 11 is 3.78. The Labute approximate surface area is 154 Å². The first-order valence-electron chi connectivity index (χ1n) is 7.33. The fourth-order valence-electron chi connectivity index (χ4n) is 1.84. The summed E-state index contributed by atoms with van der Waals surface area (Å²) in [5.74, 6) is 1.52. The first-order chi connectivity index (χ1) is 11.0. The number of hydrogen-bond acceptors (Lipinski definition) is 6. The minimum Gasteiger partial charge on any atom is -0.490 e. The molecule has 0 aliphatic rings. The molecule has 0 spiro atoms. The number of benzene rings is 1. The van der Waals surface area contributed by atoms with Crippen molar-refractivity contribution in [3.63, 3.8) is 0 Å². The zero-order valence-corrected chi connectivity index (χ0v) is 16.6. The van der Waals surface area contributed by atoms with E-state index in [1.807, 2.05) is 45.2 Å². The number of hydrazone groups is 1. The minimum atomic E-state index is 0.0945. The molecule has 0 bridgehead atoms. The lowest BCUT2D eigenvalue weighted by Crippen LogP contribution is -2.09. The molecule has 0 radical (unpaired) electrons. The molecule has 0 aliphatic carbocycles. The fraction of sp³-hybridized carbons (Fsp3) is 0.375. The van der Waals surface area contributed by atoms with Gasteiger partial charge in [-0.1, -0.05) is 0 Å². The van der Waals surface area contributed by atoms with Gasteiger partial charge in [0, 0.05) is 5.38 Å². The molecule has 0 fully saturated rings. The van der Waals surface area contributed by atoms with Crippen molar-refractivity contribution in [3.8, 4) is 11.5 Å². The van der Waals surface area contributed by atoms with Gasteiger partial charge >= 0.3 is 0 Å². The number of rotatable bonds is 7. The van der Waals surface area contributed by atoms with E-state index in [4.69, 9.17) is 9.47 Å². The van der Waals surface area contributed by atoms with Crippen LogP contribution in [0.25, 0.3) is 0 Å². The second kappa shape index (κ2) is 8.49. The van der Waals surface area contributed by atoms with Crippen LogP contribution in [-0.4, -0.2) is 23.9 Å². The molecule has 1 aromatic heterocycles. The van der Waals surface area contributed by atoms with Crippen molar-refractivity contribution in [2.24, 2.45) is 5.10 Å². The third-order valence-electron chi connectivity index (χ3n) is 2.68. The predicted octanol–water partition coefficient (Wildman–Crippen LogP) is 4.69. The highest BCUT2D eigenvalue weighted by molar-refractivity contribution is 14.1. The maximum atomic E-state index is 5.86. The van der Waals surface area contributed by atoms with Gasteiger partial charge in [0.2, 0.25) is 5.13 Å². The van der Waals surface area contributed by atoms with E-state index in [2.05, 4.69) is 38.1 Å². The monoisotopic (exact) mass is 445 g/mol. The van der Waals surface area contributed by atoms with Crippen LogP contribution in [-0.2, 0) is 0 Å². The molecular weight excluding hydrogens is 425 g/mol. The van der Waals surface area contributed by atoms with Crippen molar-refractivity contribution in [1.29, 1.82) is 0 Å². The summed E-state index contributed by atoms with van der Waals surface area (Å²) in [6.07, 6.45) is 1.85. The Kier molecular flexibility index (Phi) is 6.64. The maximum Gasteiger partial charge on any atom is 0.203 e. The lowest BCUT2D eigenvalue weighted by molar-refractivity contribution is 0.222. The summed E-state index contributed by atoms with van der Waals surface area (Å²) < 4.78 is 12.6. The molecular formula is C16H20IN3O2S. The van der Waals surface area contributed by atoms with E-state index in [-0.39, 0.29) is 6.10 Å². The van der Waals surface area contributed by atoms with Crippen LogP contribution in [0.15, 0.2) is 22.6 Å². The van der Waals surface area contributed by atoms with Crippen LogP contribution < -0.4 is 14.9 Å². The van der Waals surface area contributed by atoms with E-state index in [1.54, 1.807) is 6.21 Å². The summed E-state index contributed by atoms with van der Waals surface area (Å²) in [7, 11) is 0. The third-order valence-corrected chi connectivity index (χ3v) is 4.34. The van der Waals surface area contributed by atoms with Crippen molar-refractivity contribution in [3.05, 3.63) is 32.3 Å². The Morgan fingerprint density at radius 1 is 1.43 bits per heavy atom. The van der Waals surface area contributed by atoms with Gasteiger partial charge in [-0.05, 0) is 68.0 Å². The van der Waals surface area contributed by atoms with Crippen LogP contribution in [0.3, 0.4) is 0 Å². The topological polar surface area (TPSA) is 55.7 Å². The predicted molar refractivity (Wildman–Crippen MR) is 104 cm³/mol. The molecule has 0 amide bonds. The highest BCUT2D eigenvalue weighted by Gasteiger charge is 2.13. The number of thiazole rings is 1. The lowest BCUT2D eigenvalue weighted by atomic mass is 10.2.